The standard InChI is InChI=1S/C7H6ClNO3S.C2H6/c1-6(12-5-9)3-4-7(2)13(8,10)11;1-2/h3-4H,1-2H2;1-2H3/b4-3-;. The van der Waals surface area contributed by atoms with Crippen LogP contribution in [0, 0.1) is 11.5 Å². The molecule has 84 valence electrons. The number of rotatable bonds is 4. The van der Waals surface area contributed by atoms with E-state index in [0.29, 0.717) is 0 Å². The van der Waals surface area contributed by atoms with E-state index in [-0.39, 0.29) is 10.7 Å². The van der Waals surface area contributed by atoms with Gasteiger partial charge in [-0.15, -0.1) is 5.26 Å². The van der Waals surface area contributed by atoms with Crippen molar-refractivity contribution in [3.8, 4) is 6.26 Å². The number of nitriles is 1. The predicted octanol–water partition coefficient (Wildman–Crippen LogP) is 2.66. The van der Waals surface area contributed by atoms with Crippen LogP contribution in [0.4, 0.5) is 0 Å². The molecule has 4 nitrogen and oxygen atoms in total. The summed E-state index contributed by atoms with van der Waals surface area (Å²) in [6.45, 7) is 10.5. The highest BCUT2D eigenvalue weighted by atomic mass is 35.7. The quantitative estimate of drug-likeness (QED) is 0.332. The summed E-state index contributed by atoms with van der Waals surface area (Å²) in [6.07, 6.45) is 3.62. The van der Waals surface area contributed by atoms with Gasteiger partial charge in [0.25, 0.3) is 15.3 Å². The van der Waals surface area contributed by atoms with Gasteiger partial charge in [-0.3, -0.25) is 0 Å². The number of hydrogen-bond acceptors (Lipinski definition) is 4. The Balaban J connectivity index is 0. The van der Waals surface area contributed by atoms with Gasteiger partial charge in [0.05, 0.1) is 4.91 Å². The lowest BCUT2D eigenvalue weighted by Gasteiger charge is -1.93. The minimum absolute atomic E-state index is 0.00367. The van der Waals surface area contributed by atoms with Gasteiger partial charge >= 0.3 is 0 Å². The van der Waals surface area contributed by atoms with E-state index in [1.165, 1.54) is 12.3 Å². The molecule has 0 fully saturated rings. The smallest absolute Gasteiger partial charge is 0.292 e. The molecule has 0 radical (unpaired) electrons. The molecule has 0 N–H and O–H groups in total. The van der Waals surface area contributed by atoms with Crippen LogP contribution in [-0.4, -0.2) is 8.42 Å². The fraction of sp³-hybridized carbons (Fsp3) is 0.222. The molecule has 15 heavy (non-hydrogen) atoms. The molecular formula is C9H12ClNO3S. The third kappa shape index (κ3) is 9.06. The summed E-state index contributed by atoms with van der Waals surface area (Å²) in [7, 11) is 1.13. The maximum atomic E-state index is 10.6. The first-order chi connectivity index (χ1) is 6.88. The normalized spacial score (nSPS) is 9.73. The van der Waals surface area contributed by atoms with Crippen molar-refractivity contribution in [3.63, 3.8) is 0 Å². The van der Waals surface area contributed by atoms with E-state index >= 15 is 0 Å². The second-order valence-corrected chi connectivity index (χ2v) is 4.52. The summed E-state index contributed by atoms with van der Waals surface area (Å²) in [6, 6.07) is 0. The maximum absolute atomic E-state index is 10.6. The second-order valence-electron chi connectivity index (χ2n) is 1.90. The fourth-order valence-electron chi connectivity index (χ4n) is 0.360. The summed E-state index contributed by atoms with van der Waals surface area (Å²) in [5.41, 5.74) is 0. The van der Waals surface area contributed by atoms with Crippen LogP contribution in [0.15, 0.2) is 36.0 Å². The first kappa shape index (κ1) is 16.2. The van der Waals surface area contributed by atoms with Crippen molar-refractivity contribution >= 4 is 19.7 Å². The molecular weight excluding hydrogens is 238 g/mol. The van der Waals surface area contributed by atoms with Crippen LogP contribution in [0.1, 0.15) is 13.8 Å². The first-order valence-corrected chi connectivity index (χ1v) is 6.25. The van der Waals surface area contributed by atoms with Crippen molar-refractivity contribution in [1.82, 2.24) is 0 Å². The highest BCUT2D eigenvalue weighted by molar-refractivity contribution is 8.16. The number of halogens is 1. The van der Waals surface area contributed by atoms with Gasteiger partial charge in [-0.1, -0.05) is 27.0 Å². The summed E-state index contributed by atoms with van der Waals surface area (Å²) >= 11 is 0. The Hall–Kier alpha value is -1.25. The van der Waals surface area contributed by atoms with Crippen LogP contribution in [-0.2, 0) is 13.8 Å². The lowest BCUT2D eigenvalue weighted by molar-refractivity contribution is 0.395. The van der Waals surface area contributed by atoms with Gasteiger partial charge in [0, 0.05) is 10.7 Å². The summed E-state index contributed by atoms with van der Waals surface area (Å²) in [5.74, 6) is 0.00367. The third-order valence-corrected chi connectivity index (χ3v) is 2.30. The number of allylic oxidation sites excluding steroid dienone is 2. The number of hydrogen-bond donors (Lipinski definition) is 0. The average molecular weight is 250 g/mol. The molecule has 6 heteroatoms. The second kappa shape index (κ2) is 8.09. The van der Waals surface area contributed by atoms with E-state index < -0.39 is 9.05 Å². The van der Waals surface area contributed by atoms with Crippen molar-refractivity contribution in [1.29, 1.82) is 5.26 Å². The van der Waals surface area contributed by atoms with Crippen LogP contribution in [0.5, 0.6) is 0 Å². The SMILES string of the molecule is C=C(/C=C\C(=C)S(=O)(=O)Cl)OC#N.CC. The monoisotopic (exact) mass is 249 g/mol. The van der Waals surface area contributed by atoms with Gasteiger partial charge in [0.15, 0.2) is 0 Å². The van der Waals surface area contributed by atoms with Crippen molar-refractivity contribution < 1.29 is 13.2 Å². The molecule has 0 spiro atoms. The van der Waals surface area contributed by atoms with E-state index in [1.807, 2.05) is 13.8 Å². The van der Waals surface area contributed by atoms with Gasteiger partial charge in [-0.05, 0) is 12.2 Å². The van der Waals surface area contributed by atoms with Crippen LogP contribution in [0.25, 0.3) is 0 Å². The zero-order valence-electron chi connectivity index (χ0n) is 8.53. The minimum Gasteiger partial charge on any atom is -0.389 e. The maximum Gasteiger partial charge on any atom is 0.292 e. The van der Waals surface area contributed by atoms with Gasteiger partial charge in [-0.25, -0.2) is 8.42 Å². The molecule has 0 aliphatic rings. The topological polar surface area (TPSA) is 67.2 Å². The van der Waals surface area contributed by atoms with Crippen LogP contribution >= 0.6 is 10.7 Å². The van der Waals surface area contributed by atoms with Gasteiger partial charge < -0.3 is 4.74 Å². The molecule has 0 aliphatic heterocycles. The summed E-state index contributed by atoms with van der Waals surface area (Å²) in [4.78, 5) is -0.295. The van der Waals surface area contributed by atoms with E-state index in [1.54, 1.807) is 0 Å². The van der Waals surface area contributed by atoms with Crippen molar-refractivity contribution in [2.45, 2.75) is 13.8 Å². The molecule has 0 amide bonds. The molecule has 0 aliphatic carbocycles. The number of ether oxygens (including phenoxy) is 1. The van der Waals surface area contributed by atoms with Gasteiger partial charge in [-0.2, -0.15) is 0 Å². The van der Waals surface area contributed by atoms with E-state index in [4.69, 9.17) is 15.9 Å². The molecule has 0 aromatic rings. The Morgan fingerprint density at radius 3 is 2.20 bits per heavy atom. The molecule has 0 atom stereocenters. The van der Waals surface area contributed by atoms with Crippen molar-refractivity contribution in [2.24, 2.45) is 0 Å². The highest BCUT2D eigenvalue weighted by Gasteiger charge is 2.06. The Morgan fingerprint density at radius 1 is 1.40 bits per heavy atom. The Kier molecular flexibility index (Phi) is 8.73. The predicted molar refractivity (Wildman–Crippen MR) is 60.2 cm³/mol. The Morgan fingerprint density at radius 2 is 1.87 bits per heavy atom. The van der Waals surface area contributed by atoms with Crippen LogP contribution < -0.4 is 0 Å². The van der Waals surface area contributed by atoms with Crippen LogP contribution in [0.3, 0.4) is 0 Å². The molecule has 0 aromatic carbocycles. The first-order valence-electron chi connectivity index (χ1n) is 3.94. The molecule has 0 aromatic heterocycles. The van der Waals surface area contributed by atoms with E-state index in [2.05, 4.69) is 17.9 Å². The van der Waals surface area contributed by atoms with Crippen molar-refractivity contribution in [2.75, 3.05) is 0 Å². The van der Waals surface area contributed by atoms with E-state index in [9.17, 15) is 8.42 Å². The molecule has 0 bridgehead atoms. The molecule has 0 saturated carbocycles. The van der Waals surface area contributed by atoms with Crippen LogP contribution in [0.2, 0.25) is 0 Å². The number of nitrogens with zero attached hydrogens (tertiary/aromatic N) is 1. The van der Waals surface area contributed by atoms with Crippen molar-refractivity contribution in [3.05, 3.63) is 36.0 Å². The largest absolute Gasteiger partial charge is 0.389 e. The van der Waals surface area contributed by atoms with Gasteiger partial charge in [0.2, 0.25) is 0 Å². The zero-order chi connectivity index (χ0) is 12.5. The average Bonchev–Trinajstić information content (AvgIpc) is 2.16. The summed E-state index contributed by atoms with van der Waals surface area (Å²) < 4.78 is 25.4. The molecule has 0 saturated heterocycles. The lowest BCUT2D eigenvalue weighted by atomic mass is 10.4. The highest BCUT2D eigenvalue weighted by Crippen LogP contribution is 2.11. The molecule has 0 rings (SSSR count). The van der Waals surface area contributed by atoms with E-state index in [0.717, 1.165) is 6.08 Å². The zero-order valence-corrected chi connectivity index (χ0v) is 10.1. The third-order valence-electron chi connectivity index (χ3n) is 0.945. The Labute approximate surface area is 94.5 Å². The molecule has 0 unspecified atom stereocenters. The molecule has 0 heterocycles. The minimum atomic E-state index is -3.80. The van der Waals surface area contributed by atoms with Gasteiger partial charge in [0.1, 0.15) is 5.76 Å². The Bertz CT molecular complexity index is 390. The lowest BCUT2D eigenvalue weighted by Crippen LogP contribution is -1.89. The fourth-order valence-corrected chi connectivity index (χ4v) is 0.745. The summed E-state index contributed by atoms with van der Waals surface area (Å²) in [5, 5.41) is 8.03.